The van der Waals surface area contributed by atoms with E-state index in [1.54, 1.807) is 0 Å². The summed E-state index contributed by atoms with van der Waals surface area (Å²) < 4.78 is 5.59. The number of rotatable bonds is 3. The van der Waals surface area contributed by atoms with Crippen molar-refractivity contribution in [2.24, 2.45) is 5.92 Å². The second-order valence-electron chi connectivity index (χ2n) is 5.29. The van der Waals surface area contributed by atoms with Crippen LogP contribution in [0.2, 0.25) is 0 Å². The monoisotopic (exact) mass is 252 g/mol. The maximum atomic E-state index is 6.53. The number of ether oxygens (including phenoxy) is 1. The first-order valence-corrected chi connectivity index (χ1v) is 6.81. The molecule has 0 amide bonds. The van der Waals surface area contributed by atoms with Crippen LogP contribution in [0.15, 0.2) is 18.2 Å². The molecule has 94 valence electrons. The Kier molecular flexibility index (Phi) is 4.11. The quantitative estimate of drug-likeness (QED) is 0.742. The zero-order chi connectivity index (χ0) is 12.4. The minimum Gasteiger partial charge on any atom is -0.378 e. The SMILES string of the molecule is Cc1ccc(C)c(CC(Cl)C2COC(C)C2)c1. The molecule has 1 heterocycles. The van der Waals surface area contributed by atoms with Gasteiger partial charge in [-0.05, 0) is 44.7 Å². The fraction of sp³-hybridized carbons (Fsp3) is 0.600. The Hall–Kier alpha value is -0.530. The van der Waals surface area contributed by atoms with Crippen molar-refractivity contribution in [3.8, 4) is 0 Å². The van der Waals surface area contributed by atoms with E-state index in [0.717, 1.165) is 19.4 Å². The number of benzene rings is 1. The van der Waals surface area contributed by atoms with Gasteiger partial charge in [-0.3, -0.25) is 0 Å². The molecule has 1 aliphatic rings. The normalized spacial score (nSPS) is 26.1. The third-order valence-corrected chi connectivity index (χ3v) is 4.17. The molecule has 0 aromatic heterocycles. The van der Waals surface area contributed by atoms with Crippen LogP contribution in [0, 0.1) is 19.8 Å². The average molecular weight is 253 g/mol. The highest BCUT2D eigenvalue weighted by atomic mass is 35.5. The number of halogens is 1. The number of aryl methyl sites for hydroxylation is 2. The molecular formula is C15H21ClO. The summed E-state index contributed by atoms with van der Waals surface area (Å²) in [5.74, 6) is 0.506. The van der Waals surface area contributed by atoms with Gasteiger partial charge in [0.15, 0.2) is 0 Å². The maximum absolute atomic E-state index is 6.53. The summed E-state index contributed by atoms with van der Waals surface area (Å²) in [5.41, 5.74) is 4.03. The molecule has 1 saturated heterocycles. The van der Waals surface area contributed by atoms with Crippen LogP contribution in [-0.4, -0.2) is 18.1 Å². The fourth-order valence-electron chi connectivity index (χ4n) is 2.50. The van der Waals surface area contributed by atoms with Gasteiger partial charge in [-0.25, -0.2) is 0 Å². The van der Waals surface area contributed by atoms with Crippen LogP contribution in [0.1, 0.15) is 30.0 Å². The van der Waals surface area contributed by atoms with Crippen LogP contribution in [-0.2, 0) is 11.2 Å². The van der Waals surface area contributed by atoms with E-state index in [9.17, 15) is 0 Å². The molecule has 1 aromatic carbocycles. The summed E-state index contributed by atoms with van der Waals surface area (Å²) >= 11 is 6.53. The minimum absolute atomic E-state index is 0.195. The zero-order valence-electron chi connectivity index (χ0n) is 10.9. The molecule has 1 aromatic rings. The fourth-order valence-corrected chi connectivity index (χ4v) is 2.84. The van der Waals surface area contributed by atoms with E-state index < -0.39 is 0 Å². The van der Waals surface area contributed by atoms with Crippen molar-refractivity contribution in [2.75, 3.05) is 6.61 Å². The Labute approximate surface area is 109 Å². The van der Waals surface area contributed by atoms with Crippen molar-refractivity contribution < 1.29 is 4.74 Å². The van der Waals surface area contributed by atoms with Gasteiger partial charge in [-0.15, -0.1) is 11.6 Å². The molecule has 1 fully saturated rings. The smallest absolute Gasteiger partial charge is 0.0551 e. The lowest BCUT2D eigenvalue weighted by molar-refractivity contribution is 0.120. The van der Waals surface area contributed by atoms with Crippen LogP contribution in [0.25, 0.3) is 0 Å². The summed E-state index contributed by atoms with van der Waals surface area (Å²) in [6.07, 6.45) is 2.43. The maximum Gasteiger partial charge on any atom is 0.0551 e. The van der Waals surface area contributed by atoms with Gasteiger partial charge >= 0.3 is 0 Å². The van der Waals surface area contributed by atoms with Crippen LogP contribution >= 0.6 is 11.6 Å². The van der Waals surface area contributed by atoms with Gasteiger partial charge in [-0.2, -0.15) is 0 Å². The predicted molar refractivity (Wildman–Crippen MR) is 72.8 cm³/mol. The van der Waals surface area contributed by atoms with Crippen LogP contribution in [0.3, 0.4) is 0 Å². The first kappa shape index (κ1) is 12.9. The molecule has 1 nitrogen and oxygen atoms in total. The van der Waals surface area contributed by atoms with Crippen molar-refractivity contribution in [3.63, 3.8) is 0 Å². The van der Waals surface area contributed by atoms with Crippen molar-refractivity contribution in [1.82, 2.24) is 0 Å². The Morgan fingerprint density at radius 2 is 2.18 bits per heavy atom. The molecule has 3 unspecified atom stereocenters. The summed E-state index contributed by atoms with van der Waals surface area (Å²) in [7, 11) is 0. The summed E-state index contributed by atoms with van der Waals surface area (Å²) in [4.78, 5) is 0. The summed E-state index contributed by atoms with van der Waals surface area (Å²) in [5, 5.41) is 0.195. The van der Waals surface area contributed by atoms with Gasteiger partial charge in [-0.1, -0.05) is 23.8 Å². The van der Waals surface area contributed by atoms with Crippen molar-refractivity contribution >= 4 is 11.6 Å². The van der Waals surface area contributed by atoms with E-state index in [1.165, 1.54) is 16.7 Å². The second kappa shape index (κ2) is 5.41. The van der Waals surface area contributed by atoms with E-state index in [-0.39, 0.29) is 5.38 Å². The van der Waals surface area contributed by atoms with Crippen molar-refractivity contribution in [3.05, 3.63) is 34.9 Å². The van der Waals surface area contributed by atoms with E-state index in [1.807, 2.05) is 0 Å². The molecule has 1 aliphatic heterocycles. The third-order valence-electron chi connectivity index (χ3n) is 3.66. The third kappa shape index (κ3) is 3.23. The Morgan fingerprint density at radius 3 is 2.82 bits per heavy atom. The molecule has 0 radical (unpaired) electrons. The largest absolute Gasteiger partial charge is 0.378 e. The molecular weight excluding hydrogens is 232 g/mol. The molecule has 0 N–H and O–H groups in total. The Bertz CT molecular complexity index is 389. The van der Waals surface area contributed by atoms with Crippen molar-refractivity contribution in [1.29, 1.82) is 0 Å². The van der Waals surface area contributed by atoms with Gasteiger partial charge in [0.25, 0.3) is 0 Å². The van der Waals surface area contributed by atoms with Gasteiger partial charge in [0.05, 0.1) is 12.7 Å². The van der Waals surface area contributed by atoms with Crippen molar-refractivity contribution in [2.45, 2.75) is 45.1 Å². The lowest BCUT2D eigenvalue weighted by Gasteiger charge is -2.17. The molecule has 0 saturated carbocycles. The van der Waals surface area contributed by atoms with Gasteiger partial charge in [0, 0.05) is 11.3 Å². The van der Waals surface area contributed by atoms with E-state index in [4.69, 9.17) is 16.3 Å². The first-order chi connectivity index (χ1) is 8.06. The minimum atomic E-state index is 0.195. The number of hydrogen-bond acceptors (Lipinski definition) is 1. The molecule has 0 spiro atoms. The average Bonchev–Trinajstić information content (AvgIpc) is 2.70. The Morgan fingerprint density at radius 1 is 1.41 bits per heavy atom. The lowest BCUT2D eigenvalue weighted by atomic mass is 9.94. The summed E-state index contributed by atoms with van der Waals surface area (Å²) in [6, 6.07) is 6.59. The standard InChI is InChI=1S/C15H21ClO/c1-10-4-5-11(2)13(6-10)8-15(16)14-7-12(3)17-9-14/h4-6,12,14-15H,7-9H2,1-3H3. The summed E-state index contributed by atoms with van der Waals surface area (Å²) in [6.45, 7) is 7.24. The number of alkyl halides is 1. The zero-order valence-corrected chi connectivity index (χ0v) is 11.6. The highest BCUT2D eigenvalue weighted by Crippen LogP contribution is 2.28. The molecule has 17 heavy (non-hydrogen) atoms. The van der Waals surface area contributed by atoms with Crippen LogP contribution in [0.5, 0.6) is 0 Å². The number of hydrogen-bond donors (Lipinski definition) is 0. The first-order valence-electron chi connectivity index (χ1n) is 6.38. The predicted octanol–water partition coefficient (Wildman–Crippen LogP) is 3.88. The highest BCUT2D eigenvalue weighted by Gasteiger charge is 2.28. The molecule has 2 rings (SSSR count). The lowest BCUT2D eigenvalue weighted by Crippen LogP contribution is -2.18. The molecule has 0 aliphatic carbocycles. The van der Waals surface area contributed by atoms with Gasteiger partial charge in [0.1, 0.15) is 0 Å². The second-order valence-corrected chi connectivity index (χ2v) is 5.85. The molecule has 2 heteroatoms. The van der Waals surface area contributed by atoms with E-state index in [0.29, 0.717) is 12.0 Å². The van der Waals surface area contributed by atoms with E-state index in [2.05, 4.69) is 39.0 Å². The van der Waals surface area contributed by atoms with Crippen LogP contribution < -0.4 is 0 Å². The van der Waals surface area contributed by atoms with Gasteiger partial charge in [0.2, 0.25) is 0 Å². The highest BCUT2D eigenvalue weighted by molar-refractivity contribution is 6.21. The molecule has 3 atom stereocenters. The van der Waals surface area contributed by atoms with Crippen LogP contribution in [0.4, 0.5) is 0 Å². The Balaban J connectivity index is 2.02. The topological polar surface area (TPSA) is 9.23 Å². The van der Waals surface area contributed by atoms with Gasteiger partial charge < -0.3 is 4.74 Å². The molecule has 0 bridgehead atoms. The van der Waals surface area contributed by atoms with E-state index >= 15 is 0 Å².